The molecule has 46 heavy (non-hydrogen) atoms. The third-order valence-corrected chi connectivity index (χ3v) is 8.34. The van der Waals surface area contributed by atoms with Crippen LogP contribution in [0.3, 0.4) is 0 Å². The number of amides is 1. The summed E-state index contributed by atoms with van der Waals surface area (Å²) in [6.45, 7) is 3.11. The molecule has 1 saturated heterocycles. The number of carbonyl (C=O) groups excluding carboxylic acids is 1. The molecule has 0 spiro atoms. The summed E-state index contributed by atoms with van der Waals surface area (Å²) in [7, 11) is 3.44. The number of nitrogens with zero attached hydrogens (tertiary/aromatic N) is 4. The molecular weight excluding hydrogens is 610 g/mol. The number of unbranched alkanes of at least 4 members (excludes halogenated alkanes) is 2. The van der Waals surface area contributed by atoms with Gasteiger partial charge in [0.05, 0.1) is 22.5 Å². The number of hydrogen-bond acceptors (Lipinski definition) is 5. The zero-order valence-corrected chi connectivity index (χ0v) is 27.2. The summed E-state index contributed by atoms with van der Waals surface area (Å²) < 4.78 is 42.8. The van der Waals surface area contributed by atoms with Gasteiger partial charge in [-0.2, -0.15) is 4.39 Å². The van der Waals surface area contributed by atoms with E-state index < -0.39 is 11.8 Å². The van der Waals surface area contributed by atoms with Crippen LogP contribution in [0.15, 0.2) is 66.9 Å². The van der Waals surface area contributed by atoms with E-state index >= 15 is 4.39 Å². The highest BCUT2D eigenvalue weighted by atomic mass is 35.5. The maximum atomic E-state index is 15.3. The Labute approximate surface area is 273 Å². The zero-order chi connectivity index (χ0) is 32.6. The van der Waals surface area contributed by atoms with Crippen molar-refractivity contribution in [3.63, 3.8) is 0 Å². The molecule has 1 aliphatic rings. The standard InChI is InChI=1S/C36H39ClF2N4O3/c1-4-27(28-16-15-26(38)22-30(28)37)35(24-13-17-31-29(21-24)36(39)41-43(31)34-12-8-10-20-46-34)25-14-18-32(40-23-25)45-19-9-6-5-7-11-33(44)42(2)3/h7,11,13-18,21-23,34H,4-6,8-10,12,19-20H2,1-3H3/b11-7+,35-27-. The van der Waals surface area contributed by atoms with Crippen molar-refractivity contribution in [1.82, 2.24) is 19.7 Å². The minimum absolute atomic E-state index is 0.0314. The second-order valence-electron chi connectivity index (χ2n) is 11.5. The predicted molar refractivity (Wildman–Crippen MR) is 178 cm³/mol. The number of allylic oxidation sites excluding steroid dienone is 2. The largest absolute Gasteiger partial charge is 0.478 e. The van der Waals surface area contributed by atoms with Gasteiger partial charge in [-0.1, -0.05) is 36.7 Å². The maximum absolute atomic E-state index is 15.3. The van der Waals surface area contributed by atoms with Gasteiger partial charge in [0.25, 0.3) is 0 Å². The number of fused-ring (bicyclic) bond motifs is 1. The lowest BCUT2D eigenvalue weighted by Crippen LogP contribution is -2.19. The Morgan fingerprint density at radius 2 is 1.93 bits per heavy atom. The van der Waals surface area contributed by atoms with E-state index in [4.69, 9.17) is 21.1 Å². The summed E-state index contributed by atoms with van der Waals surface area (Å²) in [4.78, 5) is 17.8. The molecule has 0 radical (unpaired) electrons. The van der Waals surface area contributed by atoms with Crippen LogP contribution in [0.25, 0.3) is 22.0 Å². The summed E-state index contributed by atoms with van der Waals surface area (Å²) in [6.07, 6.45) is 10.7. The van der Waals surface area contributed by atoms with Crippen LogP contribution < -0.4 is 4.74 Å². The molecule has 1 fully saturated rings. The number of aromatic nitrogens is 3. The molecular formula is C36H39ClF2N4O3. The predicted octanol–water partition coefficient (Wildman–Crippen LogP) is 8.62. The van der Waals surface area contributed by atoms with Crippen molar-refractivity contribution in [2.45, 2.75) is 58.1 Å². The Balaban J connectivity index is 1.43. The summed E-state index contributed by atoms with van der Waals surface area (Å²) in [5.41, 5.74) is 4.55. The van der Waals surface area contributed by atoms with E-state index in [1.165, 1.54) is 17.0 Å². The lowest BCUT2D eigenvalue weighted by atomic mass is 9.88. The van der Waals surface area contributed by atoms with E-state index in [0.717, 1.165) is 60.8 Å². The van der Waals surface area contributed by atoms with Gasteiger partial charge in [0.15, 0.2) is 6.23 Å². The maximum Gasteiger partial charge on any atom is 0.245 e. The average molecular weight is 649 g/mol. The Kier molecular flexibility index (Phi) is 11.2. The molecule has 1 amide bonds. The molecule has 4 aromatic rings. The first-order valence-electron chi connectivity index (χ1n) is 15.7. The van der Waals surface area contributed by atoms with Crippen molar-refractivity contribution in [3.05, 3.63) is 100 Å². The zero-order valence-electron chi connectivity index (χ0n) is 26.4. The van der Waals surface area contributed by atoms with E-state index in [-0.39, 0.29) is 17.2 Å². The minimum atomic E-state index is -0.565. The lowest BCUT2D eigenvalue weighted by molar-refractivity contribution is -0.123. The fourth-order valence-electron chi connectivity index (χ4n) is 5.63. The van der Waals surface area contributed by atoms with Crippen LogP contribution in [0, 0.1) is 11.8 Å². The molecule has 242 valence electrons. The first-order valence-corrected chi connectivity index (χ1v) is 16.1. The van der Waals surface area contributed by atoms with E-state index in [2.05, 4.69) is 10.1 Å². The van der Waals surface area contributed by atoms with Crippen molar-refractivity contribution in [1.29, 1.82) is 0 Å². The van der Waals surface area contributed by atoms with Crippen molar-refractivity contribution in [3.8, 4) is 5.88 Å². The second-order valence-corrected chi connectivity index (χ2v) is 11.9. The van der Waals surface area contributed by atoms with Crippen LogP contribution in [0.2, 0.25) is 5.02 Å². The normalized spacial score (nSPS) is 15.7. The molecule has 0 bridgehead atoms. The molecule has 2 aromatic carbocycles. The molecule has 1 aliphatic heterocycles. The van der Waals surface area contributed by atoms with Crippen LogP contribution in [0.1, 0.15) is 74.8 Å². The third kappa shape index (κ3) is 7.82. The Bertz CT molecular complexity index is 1730. The second kappa shape index (κ2) is 15.5. The van der Waals surface area contributed by atoms with Crippen molar-refractivity contribution in [2.75, 3.05) is 27.3 Å². The van der Waals surface area contributed by atoms with Gasteiger partial charge < -0.3 is 14.4 Å². The number of carbonyl (C=O) groups is 1. The number of ether oxygens (including phenoxy) is 2. The summed E-state index contributed by atoms with van der Waals surface area (Å²) in [5.74, 6) is -0.539. The van der Waals surface area contributed by atoms with Gasteiger partial charge in [0.1, 0.15) is 5.82 Å². The molecule has 0 aliphatic carbocycles. The van der Waals surface area contributed by atoms with Gasteiger partial charge in [-0.15, -0.1) is 5.10 Å². The summed E-state index contributed by atoms with van der Waals surface area (Å²) >= 11 is 6.57. The Morgan fingerprint density at radius 1 is 1.11 bits per heavy atom. The number of rotatable bonds is 12. The smallest absolute Gasteiger partial charge is 0.245 e. The topological polar surface area (TPSA) is 69.5 Å². The number of halogens is 3. The van der Waals surface area contributed by atoms with Crippen molar-refractivity contribution in [2.24, 2.45) is 0 Å². The average Bonchev–Trinajstić information content (AvgIpc) is 3.39. The summed E-state index contributed by atoms with van der Waals surface area (Å²) in [6, 6.07) is 13.7. The SMILES string of the molecule is CC/C(=C(/c1ccc(OCCCC/C=C/C(=O)N(C)C)nc1)c1ccc2c(c1)c(F)nn2C1CCCCO1)c1ccc(F)cc1Cl. The monoisotopic (exact) mass is 648 g/mol. The quantitative estimate of drug-likeness (QED) is 0.0874. The third-order valence-electron chi connectivity index (χ3n) is 8.03. The molecule has 5 rings (SSSR count). The highest BCUT2D eigenvalue weighted by Gasteiger charge is 2.23. The van der Waals surface area contributed by atoms with Crippen LogP contribution >= 0.6 is 11.6 Å². The fraction of sp³-hybridized carbons (Fsp3) is 0.361. The van der Waals surface area contributed by atoms with Crippen LogP contribution in [-0.2, 0) is 9.53 Å². The molecule has 0 saturated carbocycles. The van der Waals surface area contributed by atoms with Gasteiger partial charge in [-0.3, -0.25) is 4.79 Å². The Morgan fingerprint density at radius 3 is 2.63 bits per heavy atom. The van der Waals surface area contributed by atoms with Crippen molar-refractivity contribution >= 4 is 39.6 Å². The minimum Gasteiger partial charge on any atom is -0.478 e. The van der Waals surface area contributed by atoms with E-state index in [0.29, 0.717) is 42.0 Å². The van der Waals surface area contributed by atoms with Gasteiger partial charge >= 0.3 is 0 Å². The number of pyridine rings is 1. The Hall–Kier alpha value is -4.08. The number of hydrogen-bond donors (Lipinski definition) is 0. The molecule has 7 nitrogen and oxygen atoms in total. The molecule has 10 heteroatoms. The molecule has 2 aromatic heterocycles. The first-order chi connectivity index (χ1) is 22.3. The van der Waals surface area contributed by atoms with Gasteiger partial charge in [-0.25, -0.2) is 14.1 Å². The van der Waals surface area contributed by atoms with E-state index in [1.54, 1.807) is 43.2 Å². The first kappa shape index (κ1) is 33.3. The van der Waals surface area contributed by atoms with Crippen molar-refractivity contribution < 1.29 is 23.0 Å². The number of likely N-dealkylation sites (N-methyl/N-ethyl adjacent to an activating group) is 1. The van der Waals surface area contributed by atoms with Crippen LogP contribution in [-0.4, -0.2) is 52.9 Å². The van der Waals surface area contributed by atoms with E-state index in [1.807, 2.05) is 37.3 Å². The molecule has 0 N–H and O–H groups in total. The lowest BCUT2D eigenvalue weighted by Gasteiger charge is -2.23. The fourth-order valence-corrected chi connectivity index (χ4v) is 5.92. The summed E-state index contributed by atoms with van der Waals surface area (Å²) in [5, 5.41) is 4.89. The highest BCUT2D eigenvalue weighted by molar-refractivity contribution is 6.32. The molecule has 3 heterocycles. The van der Waals surface area contributed by atoms with Crippen LogP contribution in [0.4, 0.5) is 8.78 Å². The molecule has 1 unspecified atom stereocenters. The number of benzene rings is 2. The molecule has 1 atom stereocenters. The highest BCUT2D eigenvalue weighted by Crippen LogP contribution is 2.39. The van der Waals surface area contributed by atoms with E-state index in [9.17, 15) is 9.18 Å². The van der Waals surface area contributed by atoms with Gasteiger partial charge in [0.2, 0.25) is 17.7 Å². The van der Waals surface area contributed by atoms with Gasteiger partial charge in [-0.05, 0) is 104 Å². The van der Waals surface area contributed by atoms with Crippen LogP contribution in [0.5, 0.6) is 5.88 Å². The van der Waals surface area contributed by atoms with Gasteiger partial charge in [0, 0.05) is 38.5 Å².